The van der Waals surface area contributed by atoms with Crippen molar-refractivity contribution in [1.82, 2.24) is 9.78 Å². The van der Waals surface area contributed by atoms with Crippen LogP contribution in [-0.4, -0.2) is 9.78 Å². The van der Waals surface area contributed by atoms with Crippen molar-refractivity contribution in [2.45, 2.75) is 39.3 Å². The molecule has 0 unspecified atom stereocenters. The van der Waals surface area contributed by atoms with Crippen molar-refractivity contribution in [3.05, 3.63) is 24.6 Å². The Hall–Kier alpha value is -1.33. The van der Waals surface area contributed by atoms with Crippen molar-refractivity contribution in [2.75, 3.05) is 0 Å². The Morgan fingerprint density at radius 1 is 1.38 bits per heavy atom. The van der Waals surface area contributed by atoms with E-state index in [1.54, 1.807) is 15.6 Å². The minimum atomic E-state index is -2.24. The molecule has 0 spiro atoms. The van der Waals surface area contributed by atoms with Crippen LogP contribution >= 0.6 is 0 Å². The van der Waals surface area contributed by atoms with Gasteiger partial charge in [-0.25, -0.2) is 8.96 Å². The van der Waals surface area contributed by atoms with Crippen LogP contribution in [0.1, 0.15) is 26.2 Å². The summed E-state index contributed by atoms with van der Waals surface area (Å²) in [6, 6.07) is 0. The molecule has 90 valence electrons. The first-order valence-corrected chi connectivity index (χ1v) is 5.24. The summed E-state index contributed by atoms with van der Waals surface area (Å²) in [5, 5.41) is 4.03. The van der Waals surface area contributed by atoms with Gasteiger partial charge >= 0.3 is 6.08 Å². The normalized spacial score (nSPS) is 10.5. The average Bonchev–Trinajstić information content (AvgIpc) is 2.70. The minimum absolute atomic E-state index is 0.176. The molecular weight excluding hydrogens is 219 g/mol. The Kier molecular flexibility index (Phi) is 5.01. The van der Waals surface area contributed by atoms with Crippen LogP contribution in [-0.2, 0) is 13.1 Å². The fraction of sp³-hybridized carbons (Fsp3) is 0.600. The largest absolute Gasteiger partial charge is 0.301 e. The molecule has 0 N–H and O–H groups in total. The highest BCUT2D eigenvalue weighted by molar-refractivity contribution is 4.89. The van der Waals surface area contributed by atoms with Gasteiger partial charge in [-0.2, -0.15) is 8.78 Å². The second kappa shape index (κ2) is 6.30. The van der Waals surface area contributed by atoms with E-state index in [4.69, 9.17) is 0 Å². The molecule has 0 aliphatic carbocycles. The van der Waals surface area contributed by atoms with Crippen LogP contribution in [0.2, 0.25) is 0 Å². The summed E-state index contributed by atoms with van der Waals surface area (Å²) in [5.74, 6) is -1.35. The summed E-state index contributed by atoms with van der Waals surface area (Å²) in [5.41, 5.74) is 0. The van der Waals surface area contributed by atoms with Crippen molar-refractivity contribution in [3.8, 4) is 0 Å². The third-order valence-corrected chi connectivity index (χ3v) is 2.17. The molecule has 6 heteroatoms. The Morgan fingerprint density at radius 2 is 2.12 bits per heavy atom. The van der Waals surface area contributed by atoms with E-state index in [0.29, 0.717) is 0 Å². The van der Waals surface area contributed by atoms with E-state index in [2.05, 4.69) is 12.0 Å². The maximum absolute atomic E-state index is 12.5. The topological polar surface area (TPSA) is 21.7 Å². The fourth-order valence-corrected chi connectivity index (χ4v) is 1.24. The van der Waals surface area contributed by atoms with Crippen molar-refractivity contribution in [2.24, 2.45) is 0 Å². The number of hydrogen-bond acceptors (Lipinski definition) is 1. The van der Waals surface area contributed by atoms with Crippen LogP contribution in [0.15, 0.2) is 24.6 Å². The molecule has 0 aliphatic rings. The van der Waals surface area contributed by atoms with E-state index in [9.17, 15) is 13.2 Å². The number of allylic oxidation sites excluding steroid dienone is 1. The molecule has 1 heterocycles. The molecule has 16 heavy (non-hydrogen) atoms. The highest BCUT2D eigenvalue weighted by atomic mass is 19.3. The first-order valence-electron chi connectivity index (χ1n) is 5.24. The van der Waals surface area contributed by atoms with Gasteiger partial charge in [-0.15, -0.1) is 4.68 Å². The number of halogens is 3. The van der Waals surface area contributed by atoms with Gasteiger partial charge in [0.05, 0.1) is 6.54 Å². The van der Waals surface area contributed by atoms with Crippen LogP contribution in [0, 0.1) is 0 Å². The number of aromatic nitrogens is 3. The summed E-state index contributed by atoms with van der Waals surface area (Å²) >= 11 is 0. The number of nitrogens with zero attached hydrogens (tertiary/aromatic N) is 3. The predicted molar refractivity (Wildman–Crippen MR) is 52.3 cm³/mol. The quantitative estimate of drug-likeness (QED) is 0.693. The molecule has 1 aromatic heterocycles. The summed E-state index contributed by atoms with van der Waals surface area (Å²) in [4.78, 5) is 0. The summed E-state index contributed by atoms with van der Waals surface area (Å²) in [6.07, 6.45) is 2.74. The average molecular weight is 234 g/mol. The Bertz CT molecular complexity index is 356. The zero-order valence-corrected chi connectivity index (χ0v) is 9.17. The predicted octanol–water partition coefficient (Wildman–Crippen LogP) is 2.44. The van der Waals surface area contributed by atoms with E-state index in [0.717, 1.165) is 19.4 Å². The molecule has 1 rings (SSSR count). The van der Waals surface area contributed by atoms with Gasteiger partial charge in [0.1, 0.15) is 6.54 Å². The van der Waals surface area contributed by atoms with E-state index in [-0.39, 0.29) is 13.0 Å². The molecule has 0 aliphatic heterocycles. The number of rotatable bonds is 6. The fourth-order valence-electron chi connectivity index (χ4n) is 1.24. The second-order valence-electron chi connectivity index (χ2n) is 3.52. The molecule has 0 fully saturated rings. The van der Waals surface area contributed by atoms with E-state index in [1.807, 2.05) is 0 Å². The van der Waals surface area contributed by atoms with Crippen LogP contribution in [0.3, 0.4) is 0 Å². The zero-order valence-electron chi connectivity index (χ0n) is 9.17. The second-order valence-corrected chi connectivity index (χ2v) is 3.52. The third-order valence-electron chi connectivity index (χ3n) is 2.17. The number of aryl methyl sites for hydroxylation is 2. The van der Waals surface area contributed by atoms with Gasteiger partial charge in [0.15, 0.2) is 5.83 Å². The van der Waals surface area contributed by atoms with Gasteiger partial charge in [0, 0.05) is 11.5 Å². The SMILES string of the molecule is CCCCn1c[n+](CCC(F)=C(F)F)cn1. The molecule has 0 radical (unpaired) electrons. The van der Waals surface area contributed by atoms with Crippen molar-refractivity contribution < 1.29 is 17.7 Å². The molecule has 0 amide bonds. The van der Waals surface area contributed by atoms with Gasteiger partial charge < -0.3 is 0 Å². The van der Waals surface area contributed by atoms with E-state index in [1.165, 1.54) is 6.33 Å². The van der Waals surface area contributed by atoms with E-state index >= 15 is 0 Å². The molecule has 0 bridgehead atoms. The number of hydrogen-bond donors (Lipinski definition) is 0. The minimum Gasteiger partial charge on any atom is -0.237 e. The maximum Gasteiger partial charge on any atom is 0.301 e. The maximum atomic E-state index is 12.5. The molecule has 0 aromatic carbocycles. The highest BCUT2D eigenvalue weighted by Crippen LogP contribution is 2.12. The van der Waals surface area contributed by atoms with Crippen LogP contribution in [0.4, 0.5) is 13.2 Å². The highest BCUT2D eigenvalue weighted by Gasteiger charge is 2.09. The number of unbranched alkanes of at least 4 members (excludes halogenated alkanes) is 1. The van der Waals surface area contributed by atoms with E-state index < -0.39 is 11.9 Å². The van der Waals surface area contributed by atoms with Crippen LogP contribution < -0.4 is 4.57 Å². The summed E-state index contributed by atoms with van der Waals surface area (Å²) < 4.78 is 39.4. The van der Waals surface area contributed by atoms with Gasteiger partial charge in [-0.3, -0.25) is 0 Å². The van der Waals surface area contributed by atoms with Gasteiger partial charge in [-0.1, -0.05) is 13.3 Å². The molecule has 0 saturated heterocycles. The molecule has 1 aromatic rings. The van der Waals surface area contributed by atoms with Gasteiger partial charge in [0.2, 0.25) is 6.33 Å². The lowest BCUT2D eigenvalue weighted by Crippen LogP contribution is -2.31. The van der Waals surface area contributed by atoms with Crippen molar-refractivity contribution in [3.63, 3.8) is 0 Å². The molecule has 0 atom stereocenters. The van der Waals surface area contributed by atoms with Crippen LogP contribution in [0.5, 0.6) is 0 Å². The zero-order chi connectivity index (χ0) is 12.0. The Morgan fingerprint density at radius 3 is 2.75 bits per heavy atom. The van der Waals surface area contributed by atoms with Crippen molar-refractivity contribution in [1.29, 1.82) is 0 Å². The third kappa shape index (κ3) is 4.04. The lowest BCUT2D eigenvalue weighted by molar-refractivity contribution is -0.697. The summed E-state index contributed by atoms with van der Waals surface area (Å²) in [6.45, 7) is 3.04. The van der Waals surface area contributed by atoms with Crippen molar-refractivity contribution >= 4 is 0 Å². The van der Waals surface area contributed by atoms with Gasteiger partial charge in [-0.05, 0) is 6.42 Å². The first kappa shape index (κ1) is 12.7. The molecule has 3 nitrogen and oxygen atoms in total. The monoisotopic (exact) mass is 234 g/mol. The Balaban J connectivity index is 2.43. The smallest absolute Gasteiger partial charge is 0.237 e. The standard InChI is InChI=1S/C10H15F3N3/c1-2-3-5-16-8-15(7-14-16)6-4-9(11)10(12)13/h7-8H,2-6H2,1H3/q+1. The van der Waals surface area contributed by atoms with Crippen LogP contribution in [0.25, 0.3) is 0 Å². The lowest BCUT2D eigenvalue weighted by Gasteiger charge is -1.94. The summed E-state index contributed by atoms with van der Waals surface area (Å²) in [7, 11) is 0. The Labute approximate surface area is 92.2 Å². The molecular formula is C10H15F3N3+. The molecule has 0 saturated carbocycles. The van der Waals surface area contributed by atoms with Gasteiger partial charge in [0.25, 0.3) is 6.33 Å². The lowest BCUT2D eigenvalue weighted by atomic mass is 10.3. The first-order chi connectivity index (χ1) is 7.63.